The van der Waals surface area contributed by atoms with Gasteiger partial charge in [-0.05, 0) is 37.1 Å². The van der Waals surface area contributed by atoms with Crippen LogP contribution >= 0.6 is 11.8 Å². The highest BCUT2D eigenvalue weighted by Crippen LogP contribution is 2.40. The van der Waals surface area contributed by atoms with E-state index in [0.717, 1.165) is 30.1 Å². The van der Waals surface area contributed by atoms with Gasteiger partial charge in [0.2, 0.25) is 5.91 Å². The maximum atomic E-state index is 12.9. The molecule has 0 bridgehead atoms. The second-order valence-corrected chi connectivity index (χ2v) is 7.80. The van der Waals surface area contributed by atoms with Gasteiger partial charge in [0.05, 0.1) is 31.1 Å². The summed E-state index contributed by atoms with van der Waals surface area (Å²) in [6, 6.07) is 15.3. The minimum atomic E-state index is -0.0584. The van der Waals surface area contributed by atoms with Crippen LogP contribution in [0.1, 0.15) is 36.8 Å². The quantitative estimate of drug-likeness (QED) is 0.501. The normalized spacial score (nSPS) is 13.2. The molecule has 0 atom stereocenters. The van der Waals surface area contributed by atoms with E-state index in [-0.39, 0.29) is 18.1 Å². The third kappa shape index (κ3) is 4.69. The number of furan rings is 1. The molecular formula is C21H21N5O2S. The van der Waals surface area contributed by atoms with Crippen LogP contribution in [0.15, 0.2) is 58.3 Å². The Balaban J connectivity index is 1.49. The largest absolute Gasteiger partial charge is 0.467 e. The van der Waals surface area contributed by atoms with Gasteiger partial charge in [0.15, 0.2) is 5.16 Å². The van der Waals surface area contributed by atoms with E-state index in [1.165, 1.54) is 11.8 Å². The van der Waals surface area contributed by atoms with Gasteiger partial charge in [-0.15, -0.1) is 10.2 Å². The number of amides is 1. The first-order valence-corrected chi connectivity index (χ1v) is 10.6. The van der Waals surface area contributed by atoms with Gasteiger partial charge in [-0.3, -0.25) is 9.36 Å². The Bertz CT molecular complexity index is 990. The van der Waals surface area contributed by atoms with Crippen molar-refractivity contribution in [2.24, 2.45) is 0 Å². The molecule has 7 nitrogen and oxygen atoms in total. The number of carbonyl (C=O) groups excluding carboxylic acids is 1. The van der Waals surface area contributed by atoms with Crippen LogP contribution in [0.2, 0.25) is 0 Å². The van der Waals surface area contributed by atoms with Crippen molar-refractivity contribution in [3.8, 4) is 6.07 Å². The molecule has 1 aliphatic carbocycles. The van der Waals surface area contributed by atoms with Gasteiger partial charge in [0.25, 0.3) is 0 Å². The van der Waals surface area contributed by atoms with Gasteiger partial charge in [-0.1, -0.05) is 30.0 Å². The molecule has 29 heavy (non-hydrogen) atoms. The molecular weight excluding hydrogens is 386 g/mol. The Kier molecular flexibility index (Phi) is 5.96. The molecule has 2 aromatic heterocycles. The first-order chi connectivity index (χ1) is 14.3. The van der Waals surface area contributed by atoms with Gasteiger partial charge < -0.3 is 9.32 Å². The standard InChI is InChI=1S/C21H21N5O2S/c22-11-5-12-25(17-6-2-1-3-7-17)19(27)15-29-21-24-23-20(16-9-10-16)26(21)14-18-8-4-13-28-18/h1-4,6-8,13,16H,5,9-10,12,14-15H2. The molecule has 0 aliphatic heterocycles. The molecule has 0 N–H and O–H groups in total. The van der Waals surface area contributed by atoms with Crippen LogP contribution in [0.3, 0.4) is 0 Å². The van der Waals surface area contributed by atoms with Crippen molar-refractivity contribution in [2.45, 2.75) is 36.9 Å². The Morgan fingerprint density at radius 1 is 1.24 bits per heavy atom. The van der Waals surface area contributed by atoms with E-state index in [1.54, 1.807) is 11.2 Å². The summed E-state index contributed by atoms with van der Waals surface area (Å²) in [5, 5.41) is 18.4. The van der Waals surface area contributed by atoms with Gasteiger partial charge in [0.1, 0.15) is 11.6 Å². The molecule has 1 fully saturated rings. The maximum Gasteiger partial charge on any atom is 0.237 e. The second kappa shape index (κ2) is 8.97. The number of nitrogens with zero attached hydrogens (tertiary/aromatic N) is 5. The number of anilines is 1. The number of para-hydroxylation sites is 1. The van der Waals surface area contributed by atoms with Crippen molar-refractivity contribution in [3.05, 3.63) is 60.3 Å². The smallest absolute Gasteiger partial charge is 0.237 e. The van der Waals surface area contributed by atoms with E-state index in [4.69, 9.17) is 9.68 Å². The summed E-state index contributed by atoms with van der Waals surface area (Å²) in [5.41, 5.74) is 0.795. The summed E-state index contributed by atoms with van der Waals surface area (Å²) >= 11 is 1.37. The molecule has 3 aromatic rings. The Hall–Kier alpha value is -3.05. The summed E-state index contributed by atoms with van der Waals surface area (Å²) in [6.07, 6.45) is 4.18. The highest BCUT2D eigenvalue weighted by molar-refractivity contribution is 7.99. The lowest BCUT2D eigenvalue weighted by Gasteiger charge is -2.21. The van der Waals surface area contributed by atoms with E-state index < -0.39 is 0 Å². The Morgan fingerprint density at radius 2 is 2.07 bits per heavy atom. The van der Waals surface area contributed by atoms with E-state index >= 15 is 0 Å². The van der Waals surface area contributed by atoms with Crippen molar-refractivity contribution in [3.63, 3.8) is 0 Å². The molecule has 4 rings (SSSR count). The third-order valence-corrected chi connectivity index (χ3v) is 5.67. The molecule has 0 spiro atoms. The van der Waals surface area contributed by atoms with Gasteiger partial charge in [0, 0.05) is 18.2 Å². The molecule has 1 aliphatic rings. The van der Waals surface area contributed by atoms with Gasteiger partial charge >= 0.3 is 0 Å². The third-order valence-electron chi connectivity index (χ3n) is 4.72. The zero-order valence-electron chi connectivity index (χ0n) is 15.9. The van der Waals surface area contributed by atoms with E-state index in [0.29, 0.717) is 24.2 Å². The zero-order chi connectivity index (χ0) is 20.1. The maximum absolute atomic E-state index is 12.9. The Labute approximate surface area is 173 Å². The van der Waals surface area contributed by atoms with Gasteiger partial charge in [-0.2, -0.15) is 5.26 Å². The van der Waals surface area contributed by atoms with Crippen molar-refractivity contribution in [2.75, 3.05) is 17.2 Å². The van der Waals surface area contributed by atoms with Crippen LogP contribution in [0, 0.1) is 11.3 Å². The molecule has 1 saturated carbocycles. The van der Waals surface area contributed by atoms with Crippen LogP contribution in [-0.2, 0) is 11.3 Å². The zero-order valence-corrected chi connectivity index (χ0v) is 16.7. The monoisotopic (exact) mass is 407 g/mol. The van der Waals surface area contributed by atoms with Crippen LogP contribution in [0.25, 0.3) is 0 Å². The topological polar surface area (TPSA) is 88.0 Å². The average Bonchev–Trinajstić information content (AvgIpc) is 3.31. The highest BCUT2D eigenvalue weighted by Gasteiger charge is 2.31. The molecule has 1 aromatic carbocycles. The first-order valence-electron chi connectivity index (χ1n) is 9.57. The average molecular weight is 407 g/mol. The van der Waals surface area contributed by atoms with E-state index in [1.807, 2.05) is 42.5 Å². The number of nitriles is 1. The lowest BCUT2D eigenvalue weighted by Crippen LogP contribution is -2.33. The number of hydrogen-bond donors (Lipinski definition) is 0. The number of carbonyl (C=O) groups is 1. The fraction of sp³-hybridized carbons (Fsp3) is 0.333. The van der Waals surface area contributed by atoms with Crippen LogP contribution < -0.4 is 4.90 Å². The fourth-order valence-corrected chi connectivity index (χ4v) is 3.95. The molecule has 0 radical (unpaired) electrons. The molecule has 2 heterocycles. The number of rotatable bonds is 9. The number of thioether (sulfide) groups is 1. The SMILES string of the molecule is N#CCCN(C(=O)CSc1nnc(C2CC2)n1Cc1ccco1)c1ccccc1. The minimum absolute atomic E-state index is 0.0584. The van der Waals surface area contributed by atoms with Crippen LogP contribution in [0.5, 0.6) is 0 Å². The first kappa shape index (κ1) is 19.3. The van der Waals surface area contributed by atoms with Crippen LogP contribution in [-0.4, -0.2) is 33.0 Å². The van der Waals surface area contributed by atoms with Crippen molar-refractivity contribution in [1.29, 1.82) is 5.26 Å². The van der Waals surface area contributed by atoms with Crippen molar-refractivity contribution >= 4 is 23.4 Å². The van der Waals surface area contributed by atoms with E-state index in [2.05, 4.69) is 20.8 Å². The predicted octanol–water partition coefficient (Wildman–Crippen LogP) is 3.84. The number of hydrogen-bond acceptors (Lipinski definition) is 6. The number of aromatic nitrogens is 3. The van der Waals surface area contributed by atoms with Crippen molar-refractivity contribution in [1.82, 2.24) is 14.8 Å². The lowest BCUT2D eigenvalue weighted by molar-refractivity contribution is -0.116. The van der Waals surface area contributed by atoms with Crippen LogP contribution in [0.4, 0.5) is 5.69 Å². The Morgan fingerprint density at radius 3 is 2.76 bits per heavy atom. The predicted molar refractivity (Wildman–Crippen MR) is 110 cm³/mol. The minimum Gasteiger partial charge on any atom is -0.467 e. The summed E-state index contributed by atoms with van der Waals surface area (Å²) in [7, 11) is 0. The second-order valence-electron chi connectivity index (χ2n) is 6.86. The molecule has 1 amide bonds. The fourth-order valence-electron chi connectivity index (χ4n) is 3.13. The van der Waals surface area contributed by atoms with E-state index in [9.17, 15) is 4.79 Å². The highest BCUT2D eigenvalue weighted by atomic mass is 32.2. The molecule has 148 valence electrons. The summed E-state index contributed by atoms with van der Waals surface area (Å²) in [5.74, 6) is 2.40. The summed E-state index contributed by atoms with van der Waals surface area (Å²) in [4.78, 5) is 14.6. The lowest BCUT2D eigenvalue weighted by atomic mass is 10.2. The molecule has 0 unspecified atom stereocenters. The number of benzene rings is 1. The molecule has 0 saturated heterocycles. The van der Waals surface area contributed by atoms with Crippen molar-refractivity contribution < 1.29 is 9.21 Å². The summed E-state index contributed by atoms with van der Waals surface area (Å²) < 4.78 is 7.54. The summed E-state index contributed by atoms with van der Waals surface area (Å²) in [6.45, 7) is 0.922. The molecule has 8 heteroatoms. The van der Waals surface area contributed by atoms with Gasteiger partial charge in [-0.25, -0.2) is 0 Å².